The second-order valence-electron chi connectivity index (χ2n) is 7.35. The SMILES string of the molecule is Cl.N=C(N)c1ccc(CN2CCN(S(=O)(=O)C3=Cc4ccc(Cl)cc4OC3)CC2=O)cc1. The Kier molecular flexibility index (Phi) is 7.14. The van der Waals surface area contributed by atoms with Crippen LogP contribution in [0.4, 0.5) is 0 Å². The average molecular weight is 497 g/mol. The second-order valence-corrected chi connectivity index (χ2v) is 9.77. The van der Waals surface area contributed by atoms with Crippen molar-refractivity contribution in [1.29, 1.82) is 5.41 Å². The highest BCUT2D eigenvalue weighted by Gasteiger charge is 2.35. The molecule has 0 atom stereocenters. The Hall–Kier alpha value is -2.59. The molecule has 4 rings (SSSR count). The van der Waals surface area contributed by atoms with Gasteiger partial charge in [0.2, 0.25) is 15.9 Å². The molecule has 0 saturated carbocycles. The number of rotatable bonds is 5. The minimum Gasteiger partial charge on any atom is -0.487 e. The highest BCUT2D eigenvalue weighted by atomic mass is 35.5. The molecule has 2 aliphatic heterocycles. The number of ether oxygens (including phenoxy) is 1. The number of amidine groups is 1. The molecule has 1 saturated heterocycles. The highest BCUT2D eigenvalue weighted by molar-refractivity contribution is 7.93. The van der Waals surface area contributed by atoms with Gasteiger partial charge < -0.3 is 15.4 Å². The molecule has 3 N–H and O–H groups in total. The van der Waals surface area contributed by atoms with Crippen LogP contribution in [0.15, 0.2) is 47.4 Å². The molecule has 0 aliphatic carbocycles. The van der Waals surface area contributed by atoms with Crippen molar-refractivity contribution in [3.8, 4) is 5.75 Å². The molecule has 0 aromatic heterocycles. The molecule has 2 heterocycles. The van der Waals surface area contributed by atoms with Crippen LogP contribution in [0.5, 0.6) is 5.75 Å². The Balaban J connectivity index is 0.00000289. The molecule has 11 heteroatoms. The van der Waals surface area contributed by atoms with Gasteiger partial charge in [-0.3, -0.25) is 10.2 Å². The van der Waals surface area contributed by atoms with Crippen LogP contribution in [0.25, 0.3) is 6.08 Å². The minimum absolute atomic E-state index is 0. The van der Waals surface area contributed by atoms with Crippen molar-refractivity contribution in [1.82, 2.24) is 9.21 Å². The first-order valence-electron chi connectivity index (χ1n) is 9.58. The van der Waals surface area contributed by atoms with Crippen LogP contribution in [-0.2, 0) is 21.4 Å². The summed E-state index contributed by atoms with van der Waals surface area (Å²) in [7, 11) is -3.83. The predicted molar refractivity (Wildman–Crippen MR) is 126 cm³/mol. The van der Waals surface area contributed by atoms with Gasteiger partial charge >= 0.3 is 0 Å². The molecule has 0 radical (unpaired) electrons. The van der Waals surface area contributed by atoms with Gasteiger partial charge in [-0.25, -0.2) is 8.42 Å². The molecule has 1 amide bonds. The Morgan fingerprint density at radius 2 is 1.88 bits per heavy atom. The summed E-state index contributed by atoms with van der Waals surface area (Å²) in [5, 5.41) is 7.95. The lowest BCUT2D eigenvalue weighted by molar-refractivity contribution is -0.134. The van der Waals surface area contributed by atoms with Crippen LogP contribution in [-0.4, -0.2) is 55.6 Å². The highest BCUT2D eigenvalue weighted by Crippen LogP contribution is 2.32. The zero-order chi connectivity index (χ0) is 22.2. The van der Waals surface area contributed by atoms with E-state index in [1.807, 2.05) is 0 Å². The van der Waals surface area contributed by atoms with E-state index in [4.69, 9.17) is 27.5 Å². The van der Waals surface area contributed by atoms with E-state index in [0.717, 1.165) is 5.56 Å². The molecule has 8 nitrogen and oxygen atoms in total. The number of carbonyl (C=O) groups is 1. The van der Waals surface area contributed by atoms with E-state index in [2.05, 4.69) is 0 Å². The predicted octanol–water partition coefficient (Wildman–Crippen LogP) is 2.45. The van der Waals surface area contributed by atoms with Crippen molar-refractivity contribution in [2.75, 3.05) is 26.2 Å². The first-order valence-corrected chi connectivity index (χ1v) is 11.4. The van der Waals surface area contributed by atoms with Gasteiger partial charge in [0, 0.05) is 35.8 Å². The number of piperazine rings is 1. The van der Waals surface area contributed by atoms with Crippen molar-refractivity contribution in [2.24, 2.45) is 5.73 Å². The van der Waals surface area contributed by atoms with Crippen molar-refractivity contribution >= 4 is 51.9 Å². The molecule has 2 aliphatic rings. The first-order chi connectivity index (χ1) is 14.7. The van der Waals surface area contributed by atoms with Crippen LogP contribution in [0, 0.1) is 5.41 Å². The quantitative estimate of drug-likeness (QED) is 0.486. The Morgan fingerprint density at radius 1 is 1.16 bits per heavy atom. The lowest BCUT2D eigenvalue weighted by Crippen LogP contribution is -2.52. The number of carbonyl (C=O) groups excluding carboxylic acids is 1. The van der Waals surface area contributed by atoms with Crippen LogP contribution >= 0.6 is 24.0 Å². The summed E-state index contributed by atoms with van der Waals surface area (Å²) in [4.78, 5) is 14.4. The van der Waals surface area contributed by atoms with Gasteiger partial charge in [-0.15, -0.1) is 12.4 Å². The van der Waals surface area contributed by atoms with Crippen LogP contribution in [0.1, 0.15) is 16.7 Å². The van der Waals surface area contributed by atoms with Gasteiger partial charge in [-0.2, -0.15) is 4.31 Å². The van der Waals surface area contributed by atoms with Gasteiger partial charge in [0.25, 0.3) is 0 Å². The Bertz CT molecular complexity index is 1180. The molecule has 32 heavy (non-hydrogen) atoms. The fraction of sp³-hybridized carbons (Fsp3) is 0.238. The van der Waals surface area contributed by atoms with Gasteiger partial charge in [-0.1, -0.05) is 35.9 Å². The average Bonchev–Trinajstić information content (AvgIpc) is 2.75. The van der Waals surface area contributed by atoms with Gasteiger partial charge in [0.1, 0.15) is 18.2 Å². The standard InChI is InChI=1S/C21H21ClN4O4S.ClH/c22-17-6-5-16-9-18(13-30-19(16)10-17)31(28,29)26-8-7-25(20(27)12-26)11-14-1-3-15(4-2-14)21(23)24;/h1-6,9-10H,7-8,11-13H2,(H3,23,24);1H. The first kappa shape index (κ1) is 24.1. The molecule has 170 valence electrons. The number of nitrogen functional groups attached to an aromatic ring is 1. The zero-order valence-electron chi connectivity index (χ0n) is 17.0. The summed E-state index contributed by atoms with van der Waals surface area (Å²) in [5.41, 5.74) is 7.58. The van der Waals surface area contributed by atoms with Crippen molar-refractivity contribution in [3.05, 3.63) is 69.1 Å². The summed E-state index contributed by atoms with van der Waals surface area (Å²) in [6, 6.07) is 12.1. The molecule has 0 bridgehead atoms. The smallest absolute Gasteiger partial charge is 0.243 e. The summed E-state index contributed by atoms with van der Waals surface area (Å²) >= 11 is 5.95. The van der Waals surface area contributed by atoms with Gasteiger partial charge in [0.05, 0.1) is 11.4 Å². The van der Waals surface area contributed by atoms with Gasteiger partial charge in [0.15, 0.2) is 0 Å². The van der Waals surface area contributed by atoms with E-state index in [9.17, 15) is 13.2 Å². The monoisotopic (exact) mass is 496 g/mol. The van der Waals surface area contributed by atoms with E-state index in [1.165, 1.54) is 4.31 Å². The number of amides is 1. The van der Waals surface area contributed by atoms with E-state index in [-0.39, 0.29) is 55.3 Å². The third-order valence-electron chi connectivity index (χ3n) is 5.26. The molecular weight excluding hydrogens is 475 g/mol. The maximum atomic E-state index is 13.1. The van der Waals surface area contributed by atoms with E-state index in [1.54, 1.807) is 53.4 Å². The van der Waals surface area contributed by atoms with Crippen LogP contribution in [0.2, 0.25) is 5.02 Å². The van der Waals surface area contributed by atoms with Crippen LogP contribution in [0.3, 0.4) is 0 Å². The topological polar surface area (TPSA) is 117 Å². The largest absolute Gasteiger partial charge is 0.487 e. The molecule has 0 unspecified atom stereocenters. The molecule has 1 fully saturated rings. The number of fused-ring (bicyclic) bond motifs is 1. The molecular formula is C21H22Cl2N4O4S. The normalized spacial score (nSPS) is 16.5. The second kappa shape index (κ2) is 9.50. The fourth-order valence-electron chi connectivity index (χ4n) is 3.50. The molecule has 2 aromatic rings. The maximum absolute atomic E-state index is 13.1. The minimum atomic E-state index is -3.83. The number of hydrogen-bond acceptors (Lipinski definition) is 5. The van der Waals surface area contributed by atoms with Crippen molar-refractivity contribution in [2.45, 2.75) is 6.54 Å². The van der Waals surface area contributed by atoms with Gasteiger partial charge in [-0.05, 0) is 29.8 Å². The zero-order valence-corrected chi connectivity index (χ0v) is 19.3. The Morgan fingerprint density at radius 3 is 2.53 bits per heavy atom. The fourth-order valence-corrected chi connectivity index (χ4v) is 5.08. The number of benzene rings is 2. The third kappa shape index (κ3) is 4.91. The van der Waals surface area contributed by atoms with Crippen LogP contribution < -0.4 is 10.5 Å². The number of sulfonamides is 1. The maximum Gasteiger partial charge on any atom is 0.243 e. The van der Waals surface area contributed by atoms with Crippen molar-refractivity contribution < 1.29 is 17.9 Å². The number of nitrogens with two attached hydrogens (primary N) is 1. The number of halogens is 2. The summed E-state index contributed by atoms with van der Waals surface area (Å²) in [6.07, 6.45) is 1.57. The summed E-state index contributed by atoms with van der Waals surface area (Å²) in [6.45, 7) is 0.521. The number of nitrogens with zero attached hydrogens (tertiary/aromatic N) is 2. The third-order valence-corrected chi connectivity index (χ3v) is 7.38. The lowest BCUT2D eigenvalue weighted by atomic mass is 10.1. The van der Waals surface area contributed by atoms with E-state index >= 15 is 0 Å². The number of nitrogens with one attached hydrogen (secondary N) is 1. The molecule has 2 aromatic carbocycles. The lowest BCUT2D eigenvalue weighted by Gasteiger charge is -2.34. The summed E-state index contributed by atoms with van der Waals surface area (Å²) in [5.74, 6) is 0.242. The van der Waals surface area contributed by atoms with Crippen molar-refractivity contribution in [3.63, 3.8) is 0 Å². The summed E-state index contributed by atoms with van der Waals surface area (Å²) < 4.78 is 32.9. The molecule has 0 spiro atoms. The van der Waals surface area contributed by atoms with E-state index in [0.29, 0.717) is 28.4 Å². The Labute approximate surface area is 197 Å². The van der Waals surface area contributed by atoms with E-state index < -0.39 is 10.0 Å². The number of hydrogen-bond donors (Lipinski definition) is 2.